The molecule has 5 heteroatoms. The first-order chi connectivity index (χ1) is 14.5. The molecule has 0 saturated heterocycles. The van der Waals surface area contributed by atoms with Gasteiger partial charge in [0, 0.05) is 30.2 Å². The topological polar surface area (TPSA) is 44.7 Å². The molecule has 1 unspecified atom stereocenters. The quantitative estimate of drug-likeness (QED) is 0.502. The third kappa shape index (κ3) is 3.39. The molecule has 4 rings (SSSR count). The van der Waals surface area contributed by atoms with Crippen molar-refractivity contribution in [3.63, 3.8) is 0 Å². The van der Waals surface area contributed by atoms with Crippen molar-refractivity contribution in [2.45, 2.75) is 12.3 Å². The molecule has 1 amide bonds. The van der Waals surface area contributed by atoms with E-state index in [1.54, 1.807) is 30.5 Å². The van der Waals surface area contributed by atoms with Crippen LogP contribution in [0.4, 0.5) is 10.1 Å². The lowest BCUT2D eigenvalue weighted by Gasteiger charge is -2.29. The number of rotatable bonds is 4. The van der Waals surface area contributed by atoms with E-state index in [9.17, 15) is 9.18 Å². The summed E-state index contributed by atoms with van der Waals surface area (Å²) in [4.78, 5) is 14.3. The molecular weight excluding hydrogens is 377 g/mol. The second-order valence-corrected chi connectivity index (χ2v) is 7.35. The summed E-state index contributed by atoms with van der Waals surface area (Å²) in [6, 6.07) is 23.7. The van der Waals surface area contributed by atoms with Crippen LogP contribution in [0.25, 0.3) is 0 Å². The van der Waals surface area contributed by atoms with Crippen molar-refractivity contribution < 1.29 is 9.18 Å². The summed E-state index contributed by atoms with van der Waals surface area (Å²) >= 11 is 0. The van der Waals surface area contributed by atoms with Gasteiger partial charge in [0.2, 0.25) is 0 Å². The number of hydrogen-bond donors (Lipinski definition) is 1. The molecule has 0 aliphatic carbocycles. The van der Waals surface area contributed by atoms with Gasteiger partial charge in [-0.2, -0.15) is 5.10 Å². The lowest BCUT2D eigenvalue weighted by atomic mass is 9.75. The number of hydrogen-bond acceptors (Lipinski definition) is 3. The molecule has 0 spiro atoms. The number of likely N-dealkylation sites (N-methyl/N-ethyl adjacent to an activating group) is 1. The van der Waals surface area contributed by atoms with Gasteiger partial charge < -0.3 is 4.90 Å². The second-order valence-electron chi connectivity index (χ2n) is 7.35. The Hall–Kier alpha value is -3.73. The highest BCUT2D eigenvalue weighted by Crippen LogP contribution is 2.50. The molecule has 1 N–H and O–H groups in total. The van der Waals surface area contributed by atoms with Crippen LogP contribution in [0.1, 0.15) is 28.4 Å². The van der Waals surface area contributed by atoms with Crippen molar-refractivity contribution >= 4 is 17.8 Å². The van der Waals surface area contributed by atoms with Crippen LogP contribution < -0.4 is 10.3 Å². The molecule has 0 radical (unpaired) electrons. The number of para-hydroxylation sites is 1. The first-order valence-electron chi connectivity index (χ1n) is 9.70. The molecular formula is C25H22FN3O. The Morgan fingerprint density at radius 1 is 1.00 bits per heavy atom. The molecule has 0 aromatic heterocycles. The molecule has 4 nitrogen and oxygen atoms in total. The van der Waals surface area contributed by atoms with Gasteiger partial charge in [0.05, 0.1) is 5.41 Å². The molecule has 3 aromatic rings. The minimum Gasteiger partial charge on any atom is -0.347 e. The van der Waals surface area contributed by atoms with Crippen molar-refractivity contribution in [3.05, 3.63) is 113 Å². The molecule has 1 heterocycles. The highest BCUT2D eigenvalue weighted by molar-refractivity contribution is 5.94. The fraction of sp³-hybridized carbons (Fsp3) is 0.120. The zero-order chi connectivity index (χ0) is 21.1. The maximum atomic E-state index is 13.5. The van der Waals surface area contributed by atoms with Crippen molar-refractivity contribution in [2.24, 2.45) is 5.10 Å². The molecule has 30 heavy (non-hydrogen) atoms. The van der Waals surface area contributed by atoms with E-state index in [0.29, 0.717) is 5.56 Å². The number of amides is 1. The number of halogens is 1. The predicted octanol–water partition coefficient (Wildman–Crippen LogP) is 4.88. The Kier molecular flexibility index (Phi) is 5.19. The third-order valence-electron chi connectivity index (χ3n) is 5.61. The summed E-state index contributed by atoms with van der Waals surface area (Å²) in [5.41, 5.74) is 6.79. The van der Waals surface area contributed by atoms with Crippen LogP contribution in [-0.4, -0.2) is 19.2 Å². The first-order valence-corrected chi connectivity index (χ1v) is 9.70. The minimum absolute atomic E-state index is 0.266. The molecule has 1 aliphatic rings. The summed E-state index contributed by atoms with van der Waals surface area (Å²) in [6.45, 7) is 2.12. The number of fused-ring (bicyclic) bond motifs is 1. The number of carbonyl (C=O) groups is 1. The number of allylic oxidation sites excluding steroid dienone is 2. The van der Waals surface area contributed by atoms with Crippen molar-refractivity contribution in [1.29, 1.82) is 0 Å². The standard InChI is InChI=1S/C25H22FN3O/c1-25(19-12-14-20(26)15-13-19)21-10-6-7-11-22(21)29(2)23(25)16-17-27-28-24(30)18-8-4-3-5-9-18/h3-17H,1-2H3,(H,28,30)/b23-16-,27-17+. The zero-order valence-electron chi connectivity index (χ0n) is 16.8. The van der Waals surface area contributed by atoms with Gasteiger partial charge in [-0.05, 0) is 54.5 Å². The average Bonchev–Trinajstić information content (AvgIpc) is 3.00. The third-order valence-corrected chi connectivity index (χ3v) is 5.61. The van der Waals surface area contributed by atoms with Gasteiger partial charge >= 0.3 is 0 Å². The van der Waals surface area contributed by atoms with Gasteiger partial charge in [0.25, 0.3) is 5.91 Å². The van der Waals surface area contributed by atoms with Crippen LogP contribution in [-0.2, 0) is 5.41 Å². The van der Waals surface area contributed by atoms with Gasteiger partial charge in [0.1, 0.15) is 5.82 Å². The van der Waals surface area contributed by atoms with E-state index < -0.39 is 5.41 Å². The summed E-state index contributed by atoms with van der Waals surface area (Å²) < 4.78 is 13.5. The first kappa shape index (κ1) is 19.6. The van der Waals surface area contributed by atoms with Crippen LogP contribution in [0.15, 0.2) is 95.7 Å². The van der Waals surface area contributed by atoms with Crippen LogP contribution in [0, 0.1) is 5.82 Å². The highest BCUT2D eigenvalue weighted by atomic mass is 19.1. The van der Waals surface area contributed by atoms with E-state index in [4.69, 9.17) is 0 Å². The molecule has 3 aromatic carbocycles. The van der Waals surface area contributed by atoms with Crippen LogP contribution >= 0.6 is 0 Å². The number of hydrazone groups is 1. The Labute approximate surface area is 175 Å². The summed E-state index contributed by atoms with van der Waals surface area (Å²) in [6.07, 6.45) is 3.47. The van der Waals surface area contributed by atoms with E-state index in [2.05, 4.69) is 34.5 Å². The predicted molar refractivity (Wildman–Crippen MR) is 118 cm³/mol. The van der Waals surface area contributed by atoms with E-state index in [1.165, 1.54) is 12.1 Å². The number of nitrogens with one attached hydrogen (secondary N) is 1. The molecule has 1 atom stereocenters. The van der Waals surface area contributed by atoms with Gasteiger partial charge in [-0.3, -0.25) is 4.79 Å². The fourth-order valence-corrected chi connectivity index (χ4v) is 4.02. The van der Waals surface area contributed by atoms with Gasteiger partial charge in [-0.1, -0.05) is 48.5 Å². The lowest BCUT2D eigenvalue weighted by molar-refractivity contribution is 0.0955. The van der Waals surface area contributed by atoms with Gasteiger partial charge in [-0.15, -0.1) is 0 Å². The van der Waals surface area contributed by atoms with Crippen molar-refractivity contribution in [2.75, 3.05) is 11.9 Å². The monoisotopic (exact) mass is 399 g/mol. The zero-order valence-corrected chi connectivity index (χ0v) is 16.8. The Morgan fingerprint density at radius 2 is 1.67 bits per heavy atom. The SMILES string of the molecule is CN1/C(=C\C=N\NC(=O)c2ccccc2)C(C)(c2ccc(F)cc2)c2ccccc21. The summed E-state index contributed by atoms with van der Waals surface area (Å²) in [5, 5.41) is 4.09. The van der Waals surface area contributed by atoms with Gasteiger partial charge in [-0.25, -0.2) is 9.82 Å². The van der Waals surface area contributed by atoms with E-state index in [-0.39, 0.29) is 11.7 Å². The molecule has 0 saturated carbocycles. The summed E-state index contributed by atoms with van der Waals surface area (Å²) in [5.74, 6) is -0.535. The minimum atomic E-state index is -0.478. The Balaban J connectivity index is 1.67. The number of nitrogens with zero attached hydrogens (tertiary/aromatic N) is 2. The highest BCUT2D eigenvalue weighted by Gasteiger charge is 2.43. The van der Waals surface area contributed by atoms with Crippen LogP contribution in [0.3, 0.4) is 0 Å². The van der Waals surface area contributed by atoms with Crippen molar-refractivity contribution in [3.8, 4) is 0 Å². The van der Waals surface area contributed by atoms with E-state index in [0.717, 1.165) is 22.5 Å². The second kappa shape index (κ2) is 7.95. The molecule has 1 aliphatic heterocycles. The van der Waals surface area contributed by atoms with Gasteiger partial charge in [0.15, 0.2) is 0 Å². The van der Waals surface area contributed by atoms with Crippen LogP contribution in [0.5, 0.6) is 0 Å². The smallest absolute Gasteiger partial charge is 0.271 e. The fourth-order valence-electron chi connectivity index (χ4n) is 4.02. The Morgan fingerprint density at radius 3 is 2.40 bits per heavy atom. The largest absolute Gasteiger partial charge is 0.347 e. The number of benzene rings is 3. The van der Waals surface area contributed by atoms with E-state index >= 15 is 0 Å². The number of anilines is 1. The molecule has 150 valence electrons. The maximum absolute atomic E-state index is 13.5. The lowest BCUT2D eigenvalue weighted by Crippen LogP contribution is -2.28. The van der Waals surface area contributed by atoms with Crippen molar-refractivity contribution in [1.82, 2.24) is 5.43 Å². The summed E-state index contributed by atoms with van der Waals surface area (Å²) in [7, 11) is 2.00. The molecule has 0 fully saturated rings. The number of carbonyl (C=O) groups excluding carboxylic acids is 1. The molecule has 0 bridgehead atoms. The van der Waals surface area contributed by atoms with Crippen LogP contribution in [0.2, 0.25) is 0 Å². The maximum Gasteiger partial charge on any atom is 0.271 e. The normalized spacial score (nSPS) is 19.3. The Bertz CT molecular complexity index is 1120. The average molecular weight is 399 g/mol. The van der Waals surface area contributed by atoms with E-state index in [1.807, 2.05) is 43.5 Å².